The van der Waals surface area contributed by atoms with Crippen LogP contribution in [0.4, 0.5) is 0 Å². The third kappa shape index (κ3) is 1.55. The minimum atomic E-state index is 0. The Balaban J connectivity index is 0.000000853. The fraction of sp³-hybridized carbons (Fsp3) is 0. The molecule has 0 spiro atoms. The van der Waals surface area contributed by atoms with Crippen LogP contribution in [0.1, 0.15) is 0 Å². The molecule has 0 atom stereocenters. The van der Waals surface area contributed by atoms with Crippen LogP contribution in [-0.4, -0.2) is 11.0 Å². The third-order valence-corrected chi connectivity index (χ3v) is 2.65. The quantitative estimate of drug-likeness (QED) is 0.389. The molecule has 0 fully saturated rings. The maximum atomic E-state index is 2.18. The van der Waals surface area contributed by atoms with Crippen LogP contribution in [0.25, 0.3) is 21.5 Å². The van der Waals surface area contributed by atoms with Gasteiger partial charge in [0.05, 0.1) is 0 Å². The van der Waals surface area contributed by atoms with Crippen molar-refractivity contribution in [3.8, 4) is 0 Å². The van der Waals surface area contributed by atoms with Gasteiger partial charge in [0.25, 0.3) is 0 Å². The zero-order chi connectivity index (χ0) is 9.38. The predicted octanol–water partition coefficient (Wildman–Crippen LogP) is 3.61. The molecular weight excluding hydrogens is 196 g/mol. The molecule has 3 aromatic rings. The highest BCUT2D eigenvalue weighted by Crippen LogP contribution is 2.24. The summed E-state index contributed by atoms with van der Waals surface area (Å²) in [6.07, 6.45) is 0. The van der Waals surface area contributed by atoms with Crippen LogP contribution in [-0.2, 0) is 0 Å². The lowest BCUT2D eigenvalue weighted by Crippen LogP contribution is -1.75. The molecule has 0 aliphatic carbocycles. The summed E-state index contributed by atoms with van der Waals surface area (Å²) in [4.78, 5) is 0. The Bertz CT molecular complexity index is 544. The molecule has 0 aliphatic heterocycles. The Morgan fingerprint density at radius 1 is 0.467 bits per heavy atom. The molecule has 0 aromatic heterocycles. The summed E-state index contributed by atoms with van der Waals surface area (Å²) in [5.74, 6) is 0. The average molecular weight is 206 g/mol. The zero-order valence-corrected chi connectivity index (χ0v) is 9.27. The van der Waals surface area contributed by atoms with Gasteiger partial charge in [0, 0.05) is 11.0 Å². The van der Waals surface area contributed by atoms with Crippen molar-refractivity contribution in [3.05, 3.63) is 60.7 Å². The Hall–Kier alpha value is -1.60. The molecule has 15 heavy (non-hydrogen) atoms. The van der Waals surface area contributed by atoms with Gasteiger partial charge in [0.15, 0.2) is 0 Å². The van der Waals surface area contributed by atoms with E-state index in [1.54, 1.807) is 0 Å². The van der Waals surface area contributed by atoms with E-state index in [1.165, 1.54) is 21.5 Å². The van der Waals surface area contributed by atoms with Crippen LogP contribution in [0, 0.1) is 0 Å². The predicted molar refractivity (Wildman–Crippen MR) is 67.2 cm³/mol. The van der Waals surface area contributed by atoms with Crippen molar-refractivity contribution in [2.45, 2.75) is 0 Å². The van der Waals surface area contributed by atoms with Crippen molar-refractivity contribution in [2.24, 2.45) is 0 Å². The van der Waals surface area contributed by atoms with E-state index in [9.17, 15) is 0 Å². The maximum Gasteiger partial charge on any atom is 0 e. The van der Waals surface area contributed by atoms with E-state index in [1.807, 2.05) is 0 Å². The van der Waals surface area contributed by atoms with Gasteiger partial charge in [-0.1, -0.05) is 60.7 Å². The van der Waals surface area contributed by atoms with Crippen molar-refractivity contribution in [2.75, 3.05) is 0 Å². The van der Waals surface area contributed by atoms with Crippen LogP contribution in [0.15, 0.2) is 60.7 Å². The standard InChI is InChI=1S/C14H10.Si/c1-3-7-13-11(5-1)9-10-12-6-2-4-8-14(12)13;/h1-10H;. The summed E-state index contributed by atoms with van der Waals surface area (Å²) in [6, 6.07) is 21.4. The fourth-order valence-corrected chi connectivity index (χ4v) is 1.95. The molecule has 70 valence electrons. The van der Waals surface area contributed by atoms with E-state index in [-0.39, 0.29) is 11.0 Å². The normalized spacial score (nSPS) is 10.1. The Morgan fingerprint density at radius 3 is 1.33 bits per heavy atom. The van der Waals surface area contributed by atoms with Crippen molar-refractivity contribution >= 4 is 32.5 Å². The van der Waals surface area contributed by atoms with E-state index < -0.39 is 0 Å². The molecule has 4 radical (unpaired) electrons. The molecule has 0 aliphatic rings. The summed E-state index contributed by atoms with van der Waals surface area (Å²) in [5, 5.41) is 5.30. The van der Waals surface area contributed by atoms with Crippen molar-refractivity contribution in [1.82, 2.24) is 0 Å². The van der Waals surface area contributed by atoms with Crippen LogP contribution in [0.5, 0.6) is 0 Å². The first-order chi connectivity index (χ1) is 6.95. The van der Waals surface area contributed by atoms with E-state index >= 15 is 0 Å². The van der Waals surface area contributed by atoms with Crippen molar-refractivity contribution < 1.29 is 0 Å². The minimum Gasteiger partial charge on any atom is -0.0616 e. The van der Waals surface area contributed by atoms with Gasteiger partial charge in [0.1, 0.15) is 0 Å². The van der Waals surface area contributed by atoms with E-state index in [4.69, 9.17) is 0 Å². The number of benzene rings is 3. The largest absolute Gasteiger partial charge is 0.0616 e. The summed E-state index contributed by atoms with van der Waals surface area (Å²) in [5.41, 5.74) is 0. The van der Waals surface area contributed by atoms with Gasteiger partial charge < -0.3 is 0 Å². The molecule has 0 bridgehead atoms. The molecule has 3 rings (SSSR count). The first kappa shape index (κ1) is 9.93. The lowest BCUT2D eigenvalue weighted by molar-refractivity contribution is 1.76. The van der Waals surface area contributed by atoms with Crippen LogP contribution < -0.4 is 0 Å². The lowest BCUT2D eigenvalue weighted by atomic mass is 10.0. The van der Waals surface area contributed by atoms with Crippen molar-refractivity contribution in [1.29, 1.82) is 0 Å². The van der Waals surface area contributed by atoms with Crippen LogP contribution in [0.3, 0.4) is 0 Å². The number of hydrogen-bond donors (Lipinski definition) is 0. The fourth-order valence-electron chi connectivity index (χ4n) is 1.95. The number of fused-ring (bicyclic) bond motifs is 3. The molecular formula is C14H10Si. The topological polar surface area (TPSA) is 0 Å². The third-order valence-electron chi connectivity index (χ3n) is 2.65. The number of hydrogen-bond acceptors (Lipinski definition) is 0. The smallest absolute Gasteiger partial charge is 0 e. The van der Waals surface area contributed by atoms with Gasteiger partial charge in [-0.25, -0.2) is 0 Å². The number of rotatable bonds is 0. The lowest BCUT2D eigenvalue weighted by Gasteiger charge is -2.02. The SMILES string of the molecule is [Si].c1ccc2c(c1)ccc1ccccc12. The van der Waals surface area contributed by atoms with Crippen molar-refractivity contribution in [3.63, 3.8) is 0 Å². The summed E-state index contributed by atoms with van der Waals surface area (Å²) in [7, 11) is 0. The maximum absolute atomic E-state index is 2.18. The van der Waals surface area contributed by atoms with Gasteiger partial charge in [0.2, 0.25) is 0 Å². The Kier molecular flexibility index (Phi) is 2.56. The first-order valence-corrected chi connectivity index (χ1v) is 4.82. The van der Waals surface area contributed by atoms with Crippen LogP contribution >= 0.6 is 0 Å². The molecule has 0 nitrogen and oxygen atoms in total. The van der Waals surface area contributed by atoms with Gasteiger partial charge >= 0.3 is 0 Å². The highest BCUT2D eigenvalue weighted by Gasteiger charge is 1.97. The van der Waals surface area contributed by atoms with Gasteiger partial charge in [-0.15, -0.1) is 0 Å². The highest BCUT2D eigenvalue weighted by atomic mass is 28.1. The van der Waals surface area contributed by atoms with E-state index in [0.29, 0.717) is 0 Å². The van der Waals surface area contributed by atoms with E-state index in [0.717, 1.165) is 0 Å². The van der Waals surface area contributed by atoms with Gasteiger partial charge in [-0.3, -0.25) is 0 Å². The molecule has 0 N–H and O–H groups in total. The Labute approximate surface area is 93.6 Å². The highest BCUT2D eigenvalue weighted by molar-refractivity contribution is 6.07. The van der Waals surface area contributed by atoms with E-state index in [2.05, 4.69) is 60.7 Å². The second-order valence-corrected chi connectivity index (χ2v) is 3.51. The van der Waals surface area contributed by atoms with Gasteiger partial charge in [-0.05, 0) is 21.5 Å². The first-order valence-electron chi connectivity index (χ1n) is 4.82. The molecule has 0 saturated heterocycles. The molecule has 3 aromatic carbocycles. The molecule has 0 amide bonds. The summed E-state index contributed by atoms with van der Waals surface area (Å²) >= 11 is 0. The Morgan fingerprint density at radius 2 is 0.867 bits per heavy atom. The minimum absolute atomic E-state index is 0. The second-order valence-electron chi connectivity index (χ2n) is 3.51. The van der Waals surface area contributed by atoms with Gasteiger partial charge in [-0.2, -0.15) is 0 Å². The molecule has 0 saturated carbocycles. The van der Waals surface area contributed by atoms with Crippen LogP contribution in [0.2, 0.25) is 0 Å². The molecule has 0 heterocycles. The summed E-state index contributed by atoms with van der Waals surface area (Å²) < 4.78 is 0. The average Bonchev–Trinajstić information content (AvgIpc) is 2.29. The zero-order valence-electron chi connectivity index (χ0n) is 8.27. The summed E-state index contributed by atoms with van der Waals surface area (Å²) in [6.45, 7) is 0. The monoisotopic (exact) mass is 206 g/mol. The molecule has 0 unspecified atom stereocenters. The molecule has 1 heteroatoms. The second kappa shape index (κ2) is 3.87.